The van der Waals surface area contributed by atoms with Gasteiger partial charge in [-0.1, -0.05) is 25.8 Å². The minimum Gasteiger partial charge on any atom is -0.338 e. The Kier molecular flexibility index (Phi) is 5.17. The van der Waals surface area contributed by atoms with Gasteiger partial charge < -0.3 is 10.6 Å². The Bertz CT molecular complexity index is 537. The van der Waals surface area contributed by atoms with Crippen molar-refractivity contribution in [2.45, 2.75) is 26.2 Å². The van der Waals surface area contributed by atoms with Gasteiger partial charge in [0.05, 0.1) is 5.69 Å². The van der Waals surface area contributed by atoms with Gasteiger partial charge in [0.25, 0.3) is 0 Å². The molecule has 0 unspecified atom stereocenters. The van der Waals surface area contributed by atoms with Crippen molar-refractivity contribution in [2.75, 3.05) is 11.9 Å². The van der Waals surface area contributed by atoms with Crippen molar-refractivity contribution in [3.05, 3.63) is 42.7 Å². The maximum Gasteiger partial charge on any atom is 0.319 e. The highest BCUT2D eigenvalue weighted by atomic mass is 16.2. The maximum absolute atomic E-state index is 11.7. The molecule has 20 heavy (non-hydrogen) atoms. The van der Waals surface area contributed by atoms with Crippen LogP contribution in [0.15, 0.2) is 42.7 Å². The van der Waals surface area contributed by atoms with Crippen molar-refractivity contribution in [1.29, 1.82) is 0 Å². The highest BCUT2D eigenvalue weighted by molar-refractivity contribution is 5.89. The molecule has 0 spiro atoms. The van der Waals surface area contributed by atoms with E-state index < -0.39 is 0 Å². The number of rotatable bonds is 6. The molecule has 2 rings (SSSR count). The molecule has 2 aromatic rings. The quantitative estimate of drug-likeness (QED) is 0.793. The normalized spacial score (nSPS) is 10.2. The first kappa shape index (κ1) is 14.1. The van der Waals surface area contributed by atoms with Crippen LogP contribution in [0.3, 0.4) is 0 Å². The number of hydrogen-bond donors (Lipinski definition) is 2. The van der Waals surface area contributed by atoms with E-state index in [1.54, 1.807) is 10.9 Å². The average Bonchev–Trinajstić information content (AvgIpc) is 2.98. The Balaban J connectivity index is 1.90. The maximum atomic E-state index is 11.7. The zero-order valence-electron chi connectivity index (χ0n) is 11.7. The molecular formula is C15H20N4O. The molecule has 0 fully saturated rings. The van der Waals surface area contributed by atoms with Crippen molar-refractivity contribution < 1.29 is 4.79 Å². The first-order valence-electron chi connectivity index (χ1n) is 6.94. The van der Waals surface area contributed by atoms with Crippen LogP contribution in [0.2, 0.25) is 0 Å². The summed E-state index contributed by atoms with van der Waals surface area (Å²) >= 11 is 0. The summed E-state index contributed by atoms with van der Waals surface area (Å²) in [6, 6.07) is 9.28. The number of carbonyl (C=O) groups is 1. The van der Waals surface area contributed by atoms with Crippen LogP contribution in [0.4, 0.5) is 10.5 Å². The molecule has 1 aromatic heterocycles. The molecule has 106 valence electrons. The van der Waals surface area contributed by atoms with E-state index in [9.17, 15) is 4.79 Å². The van der Waals surface area contributed by atoms with E-state index in [1.807, 2.05) is 36.5 Å². The lowest BCUT2D eigenvalue weighted by atomic mass is 10.2. The van der Waals surface area contributed by atoms with Gasteiger partial charge in [-0.05, 0) is 30.7 Å². The second-order valence-electron chi connectivity index (χ2n) is 4.59. The topological polar surface area (TPSA) is 59.0 Å². The van der Waals surface area contributed by atoms with Crippen LogP contribution in [0.5, 0.6) is 0 Å². The van der Waals surface area contributed by atoms with Gasteiger partial charge in [-0.3, -0.25) is 0 Å². The van der Waals surface area contributed by atoms with E-state index in [0.29, 0.717) is 6.54 Å². The summed E-state index contributed by atoms with van der Waals surface area (Å²) < 4.78 is 1.75. The van der Waals surface area contributed by atoms with E-state index in [-0.39, 0.29) is 6.03 Å². The standard InChI is InChI=1S/C15H20N4O/c1-2-3-4-9-16-15(20)18-13-7-5-8-14(12-13)19-11-6-10-17-19/h5-8,10-12H,2-4,9H2,1H3,(H2,16,18,20). The van der Waals surface area contributed by atoms with Crippen LogP contribution in [0, 0.1) is 0 Å². The number of carbonyl (C=O) groups excluding carboxylic acids is 1. The summed E-state index contributed by atoms with van der Waals surface area (Å²) in [5, 5.41) is 9.84. The van der Waals surface area contributed by atoms with Crippen molar-refractivity contribution in [1.82, 2.24) is 15.1 Å². The molecule has 1 heterocycles. The molecule has 0 aliphatic rings. The number of amides is 2. The van der Waals surface area contributed by atoms with E-state index >= 15 is 0 Å². The molecule has 2 N–H and O–H groups in total. The fourth-order valence-electron chi connectivity index (χ4n) is 1.90. The second kappa shape index (κ2) is 7.33. The zero-order chi connectivity index (χ0) is 14.2. The number of aromatic nitrogens is 2. The van der Waals surface area contributed by atoms with Crippen molar-refractivity contribution in [3.8, 4) is 5.69 Å². The van der Waals surface area contributed by atoms with Crippen LogP contribution in [0.1, 0.15) is 26.2 Å². The van der Waals surface area contributed by atoms with Gasteiger partial charge in [-0.15, -0.1) is 0 Å². The van der Waals surface area contributed by atoms with Gasteiger partial charge in [0.1, 0.15) is 0 Å². The molecule has 1 aromatic carbocycles. The fraction of sp³-hybridized carbons (Fsp3) is 0.333. The Morgan fingerprint density at radius 1 is 1.30 bits per heavy atom. The van der Waals surface area contributed by atoms with Gasteiger partial charge in [0.2, 0.25) is 0 Å². The number of benzene rings is 1. The number of anilines is 1. The van der Waals surface area contributed by atoms with Crippen LogP contribution < -0.4 is 10.6 Å². The number of nitrogens with one attached hydrogen (secondary N) is 2. The summed E-state index contributed by atoms with van der Waals surface area (Å²) in [7, 11) is 0. The molecule has 0 aliphatic heterocycles. The molecule has 0 saturated carbocycles. The Morgan fingerprint density at radius 3 is 2.95 bits per heavy atom. The van der Waals surface area contributed by atoms with Crippen molar-refractivity contribution in [3.63, 3.8) is 0 Å². The predicted molar refractivity (Wildman–Crippen MR) is 80.1 cm³/mol. The smallest absolute Gasteiger partial charge is 0.319 e. The zero-order valence-corrected chi connectivity index (χ0v) is 11.7. The van der Waals surface area contributed by atoms with Crippen molar-refractivity contribution >= 4 is 11.7 Å². The minimum absolute atomic E-state index is 0.168. The molecular weight excluding hydrogens is 252 g/mol. The van der Waals surface area contributed by atoms with E-state index in [1.165, 1.54) is 0 Å². The third kappa shape index (κ3) is 4.12. The minimum atomic E-state index is -0.168. The number of nitrogens with zero attached hydrogens (tertiary/aromatic N) is 2. The van der Waals surface area contributed by atoms with Gasteiger partial charge >= 0.3 is 6.03 Å². The summed E-state index contributed by atoms with van der Waals surface area (Å²) in [6.07, 6.45) is 6.88. The Hall–Kier alpha value is -2.30. The highest BCUT2D eigenvalue weighted by Crippen LogP contribution is 2.13. The summed E-state index contributed by atoms with van der Waals surface area (Å²) in [5.41, 5.74) is 1.67. The summed E-state index contributed by atoms with van der Waals surface area (Å²) in [6.45, 7) is 2.85. The van der Waals surface area contributed by atoms with Crippen LogP contribution in [-0.2, 0) is 0 Å². The molecule has 5 nitrogen and oxygen atoms in total. The molecule has 5 heteroatoms. The van der Waals surface area contributed by atoms with Gasteiger partial charge in [-0.2, -0.15) is 5.10 Å². The fourth-order valence-corrected chi connectivity index (χ4v) is 1.90. The molecule has 0 bridgehead atoms. The number of unbranched alkanes of at least 4 members (excludes halogenated alkanes) is 2. The third-order valence-corrected chi connectivity index (χ3v) is 2.94. The third-order valence-electron chi connectivity index (χ3n) is 2.94. The lowest BCUT2D eigenvalue weighted by molar-refractivity contribution is 0.252. The first-order chi connectivity index (χ1) is 9.79. The molecule has 2 amide bonds. The monoisotopic (exact) mass is 272 g/mol. The van der Waals surface area contributed by atoms with Crippen LogP contribution >= 0.6 is 0 Å². The first-order valence-corrected chi connectivity index (χ1v) is 6.94. The van der Waals surface area contributed by atoms with E-state index in [4.69, 9.17) is 0 Å². The lowest BCUT2D eigenvalue weighted by Gasteiger charge is -2.09. The second-order valence-corrected chi connectivity index (χ2v) is 4.59. The summed E-state index contributed by atoms with van der Waals surface area (Å²) in [4.78, 5) is 11.7. The van der Waals surface area contributed by atoms with Crippen LogP contribution in [0.25, 0.3) is 5.69 Å². The number of urea groups is 1. The molecule has 0 saturated heterocycles. The van der Waals surface area contributed by atoms with Crippen molar-refractivity contribution in [2.24, 2.45) is 0 Å². The molecule has 0 radical (unpaired) electrons. The Morgan fingerprint density at radius 2 is 2.20 bits per heavy atom. The van der Waals surface area contributed by atoms with Gasteiger partial charge in [0.15, 0.2) is 0 Å². The molecule has 0 aliphatic carbocycles. The highest BCUT2D eigenvalue weighted by Gasteiger charge is 2.02. The van der Waals surface area contributed by atoms with Crippen LogP contribution in [-0.4, -0.2) is 22.4 Å². The molecule has 0 atom stereocenters. The lowest BCUT2D eigenvalue weighted by Crippen LogP contribution is -2.29. The number of hydrogen-bond acceptors (Lipinski definition) is 2. The van der Waals surface area contributed by atoms with E-state index in [0.717, 1.165) is 30.6 Å². The Labute approximate surface area is 119 Å². The largest absolute Gasteiger partial charge is 0.338 e. The predicted octanol–water partition coefficient (Wildman–Crippen LogP) is 3.18. The SMILES string of the molecule is CCCCCNC(=O)Nc1cccc(-n2cccn2)c1. The summed E-state index contributed by atoms with van der Waals surface area (Å²) in [5.74, 6) is 0. The van der Waals surface area contributed by atoms with Gasteiger partial charge in [-0.25, -0.2) is 9.48 Å². The average molecular weight is 272 g/mol. The van der Waals surface area contributed by atoms with Gasteiger partial charge in [0, 0.05) is 24.6 Å². The van der Waals surface area contributed by atoms with E-state index in [2.05, 4.69) is 22.7 Å².